The van der Waals surface area contributed by atoms with Gasteiger partial charge in [-0.1, -0.05) is 6.07 Å². The van der Waals surface area contributed by atoms with Crippen molar-refractivity contribution >= 4 is 0 Å². The average molecular weight is 282 g/mol. The molecule has 2 rings (SSSR count). The van der Waals surface area contributed by atoms with Crippen LogP contribution in [0.15, 0.2) is 42.9 Å². The maximum absolute atomic E-state index is 12.8. The second-order valence-electron chi connectivity index (χ2n) is 4.34. The summed E-state index contributed by atoms with van der Waals surface area (Å²) >= 11 is 0. The molecule has 6 heteroatoms. The van der Waals surface area contributed by atoms with E-state index < -0.39 is 17.8 Å². The smallest absolute Gasteiger partial charge is 0.388 e. The topological polar surface area (TPSA) is 46.0 Å². The Morgan fingerprint density at radius 3 is 2.60 bits per heavy atom. The van der Waals surface area contributed by atoms with Crippen LogP contribution in [0.5, 0.6) is 0 Å². The Kier molecular flexibility index (Phi) is 4.34. The molecule has 0 aromatic carbocycles. The molecule has 20 heavy (non-hydrogen) atoms. The zero-order valence-corrected chi connectivity index (χ0v) is 10.5. The molecule has 0 saturated heterocycles. The number of rotatable bonds is 4. The molecule has 1 atom stereocenters. The first-order valence-corrected chi connectivity index (χ1v) is 6.07. The summed E-state index contributed by atoms with van der Waals surface area (Å²) in [4.78, 5) is 7.73. The van der Waals surface area contributed by atoms with Gasteiger partial charge in [-0.05, 0) is 31.0 Å². The van der Waals surface area contributed by atoms with Crippen molar-refractivity contribution in [3.8, 4) is 0 Å². The van der Waals surface area contributed by atoms with E-state index in [4.69, 9.17) is 0 Å². The number of aliphatic hydroxyl groups excluding tert-OH is 1. The third kappa shape index (κ3) is 3.54. The lowest BCUT2D eigenvalue weighted by atomic mass is 10.00. The van der Waals surface area contributed by atoms with Crippen LogP contribution in [0.25, 0.3) is 0 Å². The average Bonchev–Trinajstić information content (AvgIpc) is 2.45. The van der Waals surface area contributed by atoms with Gasteiger partial charge < -0.3 is 5.11 Å². The van der Waals surface area contributed by atoms with Gasteiger partial charge in [0.2, 0.25) is 0 Å². The molecule has 0 radical (unpaired) electrons. The Hall–Kier alpha value is -1.95. The molecule has 106 valence electrons. The molecular formula is C14H13F3N2O. The Labute approximate surface area is 114 Å². The van der Waals surface area contributed by atoms with E-state index in [9.17, 15) is 18.3 Å². The summed E-state index contributed by atoms with van der Waals surface area (Å²) in [5.74, 6) is 0. The van der Waals surface area contributed by atoms with Crippen molar-refractivity contribution in [1.82, 2.24) is 9.97 Å². The standard InChI is InChI=1S/C14H13F3N2O/c15-14(16,17)12-6-8-18-9-11(12)13(20)5-4-10-3-1-2-7-19-10/h1-3,6-9,13,20H,4-5H2. The van der Waals surface area contributed by atoms with E-state index in [1.165, 1.54) is 0 Å². The summed E-state index contributed by atoms with van der Waals surface area (Å²) in [6.07, 6.45) is -1.43. The van der Waals surface area contributed by atoms with Crippen LogP contribution in [0.1, 0.15) is 29.3 Å². The minimum absolute atomic E-state index is 0.159. The first-order valence-electron chi connectivity index (χ1n) is 6.07. The van der Waals surface area contributed by atoms with Gasteiger partial charge in [0, 0.05) is 29.8 Å². The third-order valence-electron chi connectivity index (χ3n) is 2.92. The molecule has 2 aromatic rings. The van der Waals surface area contributed by atoms with Gasteiger partial charge in [-0.3, -0.25) is 9.97 Å². The monoisotopic (exact) mass is 282 g/mol. The van der Waals surface area contributed by atoms with Crippen molar-refractivity contribution in [2.45, 2.75) is 25.1 Å². The second kappa shape index (κ2) is 6.00. The maximum atomic E-state index is 12.8. The Morgan fingerprint density at radius 2 is 1.95 bits per heavy atom. The van der Waals surface area contributed by atoms with E-state index in [1.807, 2.05) is 0 Å². The van der Waals surface area contributed by atoms with Crippen LogP contribution in [0.2, 0.25) is 0 Å². The molecule has 0 aliphatic heterocycles. The molecule has 0 saturated carbocycles. The van der Waals surface area contributed by atoms with E-state index >= 15 is 0 Å². The van der Waals surface area contributed by atoms with Gasteiger partial charge in [0.05, 0.1) is 11.7 Å². The van der Waals surface area contributed by atoms with Crippen LogP contribution in [0, 0.1) is 0 Å². The molecule has 1 N–H and O–H groups in total. The van der Waals surface area contributed by atoms with Crippen molar-refractivity contribution in [3.05, 3.63) is 59.7 Å². The van der Waals surface area contributed by atoms with Gasteiger partial charge in [-0.25, -0.2) is 0 Å². The number of hydrogen-bond acceptors (Lipinski definition) is 3. The molecule has 0 aliphatic carbocycles. The Bertz CT molecular complexity index is 558. The first-order chi connectivity index (χ1) is 9.48. The summed E-state index contributed by atoms with van der Waals surface area (Å²) < 4.78 is 38.5. The number of aliphatic hydroxyl groups is 1. The summed E-state index contributed by atoms with van der Waals surface area (Å²) in [5.41, 5.74) is -0.319. The second-order valence-corrected chi connectivity index (χ2v) is 4.34. The van der Waals surface area contributed by atoms with Gasteiger partial charge in [0.25, 0.3) is 0 Å². The van der Waals surface area contributed by atoms with Gasteiger partial charge >= 0.3 is 6.18 Å². The molecule has 0 aliphatic rings. The van der Waals surface area contributed by atoms with Gasteiger partial charge in [0.15, 0.2) is 0 Å². The lowest BCUT2D eigenvalue weighted by Gasteiger charge is -2.16. The number of halogens is 3. The van der Waals surface area contributed by atoms with Gasteiger partial charge in [0.1, 0.15) is 0 Å². The molecule has 0 spiro atoms. The largest absolute Gasteiger partial charge is 0.416 e. The molecule has 2 aromatic heterocycles. The zero-order chi connectivity index (χ0) is 14.6. The fraction of sp³-hybridized carbons (Fsp3) is 0.286. The number of aromatic nitrogens is 2. The summed E-state index contributed by atoms with van der Waals surface area (Å²) in [7, 11) is 0. The highest BCUT2D eigenvalue weighted by molar-refractivity contribution is 5.28. The normalized spacial score (nSPS) is 13.2. The number of pyridine rings is 2. The van der Waals surface area contributed by atoms with Gasteiger partial charge in [-0.15, -0.1) is 0 Å². The predicted octanol–water partition coefficient (Wildman–Crippen LogP) is 3.16. The fourth-order valence-corrected chi connectivity index (χ4v) is 1.92. The molecule has 0 amide bonds. The first kappa shape index (κ1) is 14.5. The van der Waals surface area contributed by atoms with E-state index in [-0.39, 0.29) is 12.0 Å². The van der Waals surface area contributed by atoms with Crippen LogP contribution in [0.4, 0.5) is 13.2 Å². The minimum atomic E-state index is -4.50. The Balaban J connectivity index is 2.12. The van der Waals surface area contributed by atoms with E-state index in [0.717, 1.165) is 24.2 Å². The minimum Gasteiger partial charge on any atom is -0.388 e. The van der Waals surface area contributed by atoms with Crippen molar-refractivity contribution in [3.63, 3.8) is 0 Å². The number of alkyl halides is 3. The predicted molar refractivity (Wildman–Crippen MR) is 66.8 cm³/mol. The molecule has 2 heterocycles. The highest BCUT2D eigenvalue weighted by atomic mass is 19.4. The zero-order valence-electron chi connectivity index (χ0n) is 10.5. The van der Waals surface area contributed by atoms with Crippen molar-refractivity contribution in [1.29, 1.82) is 0 Å². The molecule has 0 bridgehead atoms. The van der Waals surface area contributed by atoms with Crippen LogP contribution >= 0.6 is 0 Å². The molecular weight excluding hydrogens is 269 g/mol. The van der Waals surface area contributed by atoms with Crippen LogP contribution < -0.4 is 0 Å². The van der Waals surface area contributed by atoms with Crippen LogP contribution in [-0.2, 0) is 12.6 Å². The van der Waals surface area contributed by atoms with Crippen LogP contribution in [0.3, 0.4) is 0 Å². The summed E-state index contributed by atoms with van der Waals surface area (Å²) in [6.45, 7) is 0. The highest BCUT2D eigenvalue weighted by Gasteiger charge is 2.34. The number of aryl methyl sites for hydroxylation is 1. The van der Waals surface area contributed by atoms with Crippen molar-refractivity contribution < 1.29 is 18.3 Å². The third-order valence-corrected chi connectivity index (χ3v) is 2.92. The SMILES string of the molecule is OC(CCc1ccccn1)c1cnccc1C(F)(F)F. The van der Waals surface area contributed by atoms with E-state index in [0.29, 0.717) is 6.42 Å². The lowest BCUT2D eigenvalue weighted by molar-refractivity contribution is -0.139. The number of nitrogens with zero attached hydrogens (tertiary/aromatic N) is 2. The summed E-state index contributed by atoms with van der Waals surface area (Å²) in [5, 5.41) is 9.96. The molecule has 0 fully saturated rings. The van der Waals surface area contributed by atoms with E-state index in [2.05, 4.69) is 9.97 Å². The lowest BCUT2D eigenvalue weighted by Crippen LogP contribution is -2.13. The summed E-state index contributed by atoms with van der Waals surface area (Å²) in [6, 6.07) is 6.18. The maximum Gasteiger partial charge on any atom is 0.416 e. The van der Waals surface area contributed by atoms with Crippen molar-refractivity contribution in [2.75, 3.05) is 0 Å². The number of hydrogen-bond donors (Lipinski definition) is 1. The Morgan fingerprint density at radius 1 is 1.15 bits per heavy atom. The van der Waals surface area contributed by atoms with Gasteiger partial charge in [-0.2, -0.15) is 13.2 Å². The molecule has 1 unspecified atom stereocenters. The van der Waals surface area contributed by atoms with E-state index in [1.54, 1.807) is 24.4 Å². The quantitative estimate of drug-likeness (QED) is 0.937. The highest BCUT2D eigenvalue weighted by Crippen LogP contribution is 2.35. The molecule has 3 nitrogen and oxygen atoms in total. The van der Waals surface area contributed by atoms with Crippen molar-refractivity contribution in [2.24, 2.45) is 0 Å². The fourth-order valence-electron chi connectivity index (χ4n) is 1.92. The van der Waals surface area contributed by atoms with Crippen LogP contribution in [-0.4, -0.2) is 15.1 Å².